The summed E-state index contributed by atoms with van der Waals surface area (Å²) in [6.45, 7) is 6.76. The van der Waals surface area contributed by atoms with Gasteiger partial charge in [0.05, 0.1) is 11.7 Å². The van der Waals surface area contributed by atoms with Crippen molar-refractivity contribution in [1.82, 2.24) is 10.3 Å². The van der Waals surface area contributed by atoms with Crippen molar-refractivity contribution < 1.29 is 4.79 Å². The summed E-state index contributed by atoms with van der Waals surface area (Å²) < 4.78 is 0. The van der Waals surface area contributed by atoms with E-state index < -0.39 is 0 Å². The number of nitrogens with zero attached hydrogens (tertiary/aromatic N) is 1. The average Bonchev–Trinajstić information content (AvgIpc) is 3.00. The third-order valence-electron chi connectivity index (χ3n) is 5.43. The summed E-state index contributed by atoms with van der Waals surface area (Å²) in [5.41, 5.74) is 1.22. The number of likely N-dealkylation sites (N-methyl/N-ethyl adjacent to an activating group) is 1. The van der Waals surface area contributed by atoms with Crippen LogP contribution in [0.15, 0.2) is 0 Å². The molecule has 0 spiro atoms. The number of unbranched alkanes of at least 4 members (excludes halogenated alkanes) is 2. The summed E-state index contributed by atoms with van der Waals surface area (Å²) in [6.07, 6.45) is 11.8. The molecule has 0 aliphatic heterocycles. The highest BCUT2D eigenvalue weighted by atomic mass is 32.1. The Kier molecular flexibility index (Phi) is 9.06. The van der Waals surface area contributed by atoms with Crippen molar-refractivity contribution in [2.24, 2.45) is 11.8 Å². The Morgan fingerprint density at radius 2 is 2.04 bits per heavy atom. The number of rotatable bonds is 11. The highest BCUT2D eigenvalue weighted by molar-refractivity contribution is 7.15. The minimum Gasteiger partial charge on any atom is -0.309 e. The molecule has 1 aliphatic carbocycles. The largest absolute Gasteiger partial charge is 0.309 e. The highest BCUT2D eigenvalue weighted by Crippen LogP contribution is 2.34. The summed E-state index contributed by atoms with van der Waals surface area (Å²) in [5, 5.41) is 7.02. The van der Waals surface area contributed by atoms with Gasteiger partial charge in [0.25, 0.3) is 0 Å². The zero-order valence-corrected chi connectivity index (χ0v) is 17.9. The molecule has 1 amide bonds. The van der Waals surface area contributed by atoms with Crippen LogP contribution >= 0.6 is 11.3 Å². The maximum Gasteiger partial charge on any atom is 0.243 e. The maximum absolute atomic E-state index is 12.6. The lowest BCUT2D eigenvalue weighted by Gasteiger charge is -2.20. The van der Waals surface area contributed by atoms with Gasteiger partial charge in [-0.2, -0.15) is 0 Å². The molecule has 2 N–H and O–H groups in total. The van der Waals surface area contributed by atoms with Gasteiger partial charge in [0.15, 0.2) is 5.13 Å². The number of carbonyl (C=O) groups is 1. The van der Waals surface area contributed by atoms with Crippen LogP contribution < -0.4 is 10.6 Å². The third kappa shape index (κ3) is 6.66. The van der Waals surface area contributed by atoms with Gasteiger partial charge in [-0.1, -0.05) is 59.3 Å². The van der Waals surface area contributed by atoms with Crippen LogP contribution in [-0.2, 0) is 17.6 Å². The minimum absolute atomic E-state index is 0.0608. The van der Waals surface area contributed by atoms with Crippen molar-refractivity contribution in [2.45, 2.75) is 91.0 Å². The molecular formula is C21H37N3OS. The molecule has 0 fully saturated rings. The Labute approximate surface area is 163 Å². The first-order chi connectivity index (χ1) is 12.5. The second kappa shape index (κ2) is 11.0. The summed E-state index contributed by atoms with van der Waals surface area (Å²) >= 11 is 1.69. The Bertz CT molecular complexity index is 555. The van der Waals surface area contributed by atoms with Crippen LogP contribution in [0.4, 0.5) is 5.13 Å². The van der Waals surface area contributed by atoms with Crippen molar-refractivity contribution in [2.75, 3.05) is 12.4 Å². The van der Waals surface area contributed by atoms with Crippen LogP contribution in [0.3, 0.4) is 0 Å². The molecule has 1 aliphatic rings. The van der Waals surface area contributed by atoms with Crippen molar-refractivity contribution in [1.29, 1.82) is 0 Å². The number of aryl methyl sites for hydroxylation is 1. The topological polar surface area (TPSA) is 54.0 Å². The number of carbonyl (C=O) groups excluding carboxylic acids is 1. The Morgan fingerprint density at radius 1 is 1.27 bits per heavy atom. The smallest absolute Gasteiger partial charge is 0.243 e. The van der Waals surface area contributed by atoms with E-state index in [0.717, 1.165) is 42.7 Å². The van der Waals surface area contributed by atoms with Gasteiger partial charge >= 0.3 is 0 Å². The van der Waals surface area contributed by atoms with Crippen LogP contribution in [0.2, 0.25) is 0 Å². The van der Waals surface area contributed by atoms with Gasteiger partial charge in [0.2, 0.25) is 5.91 Å². The lowest BCUT2D eigenvalue weighted by molar-refractivity contribution is -0.118. The van der Waals surface area contributed by atoms with Gasteiger partial charge in [-0.15, -0.1) is 11.3 Å². The van der Waals surface area contributed by atoms with E-state index in [1.807, 2.05) is 7.05 Å². The van der Waals surface area contributed by atoms with Gasteiger partial charge in [-0.25, -0.2) is 4.98 Å². The lowest BCUT2D eigenvalue weighted by Crippen LogP contribution is -2.38. The normalized spacial score (nSPS) is 18.0. The SMILES string of the molecule is CCCCC1CCc2nc(NC(=O)C(CCCCC(C)C)NC)sc2C1. The van der Waals surface area contributed by atoms with Crippen LogP contribution in [0.1, 0.15) is 82.7 Å². The van der Waals surface area contributed by atoms with Gasteiger partial charge in [-0.05, 0) is 44.6 Å². The van der Waals surface area contributed by atoms with Crippen LogP contribution in [0.25, 0.3) is 0 Å². The average molecular weight is 380 g/mol. The van der Waals surface area contributed by atoms with E-state index in [9.17, 15) is 4.79 Å². The Balaban J connectivity index is 1.84. The third-order valence-corrected chi connectivity index (χ3v) is 6.46. The molecule has 0 saturated carbocycles. The van der Waals surface area contributed by atoms with E-state index in [4.69, 9.17) is 4.98 Å². The molecule has 0 radical (unpaired) electrons. The molecule has 1 aromatic rings. The standard InChI is InChI=1S/C21H37N3OS/c1-5-6-10-16-12-13-17-19(14-16)26-21(23-17)24-20(25)18(22-4)11-8-7-9-15(2)3/h15-16,18,22H,5-14H2,1-4H3,(H,23,24,25). The molecular weight excluding hydrogens is 342 g/mol. The number of hydrogen-bond donors (Lipinski definition) is 2. The van der Waals surface area contributed by atoms with Crippen LogP contribution in [-0.4, -0.2) is 24.0 Å². The first-order valence-corrected chi connectivity index (χ1v) is 11.3. The zero-order chi connectivity index (χ0) is 18.9. The van der Waals surface area contributed by atoms with E-state index in [2.05, 4.69) is 31.4 Å². The van der Waals surface area contributed by atoms with Crippen LogP contribution in [0, 0.1) is 11.8 Å². The molecule has 2 atom stereocenters. The molecule has 1 heterocycles. The van der Waals surface area contributed by atoms with E-state index in [-0.39, 0.29) is 11.9 Å². The van der Waals surface area contributed by atoms with Gasteiger partial charge in [0, 0.05) is 4.88 Å². The molecule has 0 aromatic carbocycles. The molecule has 26 heavy (non-hydrogen) atoms. The fourth-order valence-corrected chi connectivity index (χ4v) is 4.86. The predicted octanol–water partition coefficient (Wildman–Crippen LogP) is 5.18. The number of aromatic nitrogens is 1. The summed E-state index contributed by atoms with van der Waals surface area (Å²) in [4.78, 5) is 18.7. The summed E-state index contributed by atoms with van der Waals surface area (Å²) in [6, 6.07) is -0.125. The molecule has 2 rings (SSSR count). The van der Waals surface area contributed by atoms with Crippen molar-refractivity contribution in [3.63, 3.8) is 0 Å². The molecule has 5 heteroatoms. The van der Waals surface area contributed by atoms with Crippen molar-refractivity contribution in [3.05, 3.63) is 10.6 Å². The number of anilines is 1. The Morgan fingerprint density at radius 3 is 2.73 bits per heavy atom. The summed E-state index contributed by atoms with van der Waals surface area (Å²) in [5.74, 6) is 1.60. The highest BCUT2D eigenvalue weighted by Gasteiger charge is 2.24. The fraction of sp³-hybridized carbons (Fsp3) is 0.810. The van der Waals surface area contributed by atoms with Crippen LogP contribution in [0.5, 0.6) is 0 Å². The van der Waals surface area contributed by atoms with Gasteiger partial charge in [-0.3, -0.25) is 4.79 Å². The van der Waals surface area contributed by atoms with E-state index in [1.54, 1.807) is 11.3 Å². The number of fused-ring (bicyclic) bond motifs is 1. The van der Waals surface area contributed by atoms with Crippen molar-refractivity contribution >= 4 is 22.4 Å². The van der Waals surface area contributed by atoms with E-state index in [1.165, 1.54) is 49.1 Å². The minimum atomic E-state index is -0.125. The maximum atomic E-state index is 12.6. The number of amides is 1. The monoisotopic (exact) mass is 379 g/mol. The zero-order valence-electron chi connectivity index (χ0n) is 17.1. The molecule has 0 bridgehead atoms. The molecule has 0 saturated heterocycles. The number of nitrogens with one attached hydrogen (secondary N) is 2. The molecule has 148 valence electrons. The van der Waals surface area contributed by atoms with Gasteiger partial charge in [0.1, 0.15) is 0 Å². The van der Waals surface area contributed by atoms with Gasteiger partial charge < -0.3 is 10.6 Å². The first-order valence-electron chi connectivity index (χ1n) is 10.5. The number of hydrogen-bond acceptors (Lipinski definition) is 4. The Hall–Kier alpha value is -0.940. The molecule has 1 aromatic heterocycles. The summed E-state index contributed by atoms with van der Waals surface area (Å²) in [7, 11) is 1.87. The second-order valence-corrected chi connectivity index (χ2v) is 9.23. The first kappa shape index (κ1) is 21.4. The van der Waals surface area contributed by atoms with Crippen molar-refractivity contribution in [3.8, 4) is 0 Å². The number of thiazole rings is 1. The lowest BCUT2D eigenvalue weighted by atomic mass is 9.87. The quantitative estimate of drug-likeness (QED) is 0.521. The second-order valence-electron chi connectivity index (χ2n) is 8.15. The predicted molar refractivity (Wildman–Crippen MR) is 112 cm³/mol. The molecule has 4 nitrogen and oxygen atoms in total. The van der Waals surface area contributed by atoms with E-state index >= 15 is 0 Å². The van der Waals surface area contributed by atoms with E-state index in [0.29, 0.717) is 0 Å². The fourth-order valence-electron chi connectivity index (χ4n) is 3.74. The molecule has 2 unspecified atom stereocenters.